The summed E-state index contributed by atoms with van der Waals surface area (Å²) in [4.78, 5) is 3.53. The van der Waals surface area contributed by atoms with Gasteiger partial charge in [-0.1, -0.05) is 37.5 Å². The van der Waals surface area contributed by atoms with Crippen LogP contribution in [0.25, 0.3) is 0 Å². The summed E-state index contributed by atoms with van der Waals surface area (Å²) < 4.78 is 13.9. The molecule has 1 aliphatic carbocycles. The maximum absolute atomic E-state index is 13.9. The topological polar surface area (TPSA) is 15.3 Å². The van der Waals surface area contributed by atoms with Crippen molar-refractivity contribution < 1.29 is 4.39 Å². The Kier molecular flexibility index (Phi) is 5.62. The molecule has 122 valence electrons. The highest BCUT2D eigenvalue weighted by Gasteiger charge is 2.24. The monoisotopic (exact) mass is 348 g/mol. The smallest absolute Gasteiger partial charge is 0.174 e. The maximum Gasteiger partial charge on any atom is 0.174 e. The zero-order valence-electron chi connectivity index (χ0n) is 13.0. The number of anilines is 1. The summed E-state index contributed by atoms with van der Waals surface area (Å²) in [5.74, 6) is -0.269. The molecule has 1 aromatic carbocycles. The van der Waals surface area contributed by atoms with E-state index in [0.717, 1.165) is 19.4 Å². The van der Waals surface area contributed by atoms with E-state index in [1.54, 1.807) is 23.5 Å². The second-order valence-corrected chi connectivity index (χ2v) is 7.33. The SMILES string of the molecule is Fc1ccccc1NC(=S)N(Cc1cccs1)C1CCCCC1. The van der Waals surface area contributed by atoms with Crippen molar-refractivity contribution in [1.29, 1.82) is 0 Å². The zero-order valence-corrected chi connectivity index (χ0v) is 14.6. The van der Waals surface area contributed by atoms with Crippen LogP contribution in [-0.4, -0.2) is 16.1 Å². The molecule has 0 saturated heterocycles. The average Bonchev–Trinajstić information content (AvgIpc) is 3.09. The fraction of sp³-hybridized carbons (Fsp3) is 0.389. The molecule has 0 atom stereocenters. The molecule has 5 heteroatoms. The van der Waals surface area contributed by atoms with E-state index in [9.17, 15) is 4.39 Å². The first-order chi connectivity index (χ1) is 11.2. The number of para-hydroxylation sites is 1. The molecule has 2 nitrogen and oxygen atoms in total. The molecular formula is C18H21FN2S2. The lowest BCUT2D eigenvalue weighted by atomic mass is 9.94. The highest BCUT2D eigenvalue weighted by atomic mass is 32.1. The van der Waals surface area contributed by atoms with Gasteiger partial charge < -0.3 is 10.2 Å². The molecule has 1 aromatic heterocycles. The van der Waals surface area contributed by atoms with Crippen LogP contribution >= 0.6 is 23.6 Å². The van der Waals surface area contributed by atoms with E-state index in [2.05, 4.69) is 27.7 Å². The van der Waals surface area contributed by atoms with Gasteiger partial charge in [-0.25, -0.2) is 4.39 Å². The first kappa shape index (κ1) is 16.4. The minimum absolute atomic E-state index is 0.269. The molecular weight excluding hydrogens is 327 g/mol. The summed E-state index contributed by atoms with van der Waals surface area (Å²) >= 11 is 7.36. The van der Waals surface area contributed by atoms with Gasteiger partial charge >= 0.3 is 0 Å². The predicted molar refractivity (Wildman–Crippen MR) is 99.4 cm³/mol. The number of nitrogens with zero attached hydrogens (tertiary/aromatic N) is 1. The average molecular weight is 349 g/mol. The fourth-order valence-corrected chi connectivity index (χ4v) is 4.11. The van der Waals surface area contributed by atoms with Crippen molar-refractivity contribution in [2.75, 3.05) is 5.32 Å². The Hall–Kier alpha value is -1.46. The third-order valence-electron chi connectivity index (χ3n) is 4.30. The standard InChI is InChI=1S/C18H21FN2S2/c19-16-10-4-5-11-17(16)20-18(22)21(13-15-9-6-12-23-15)14-7-2-1-3-8-14/h4-6,9-12,14H,1-3,7-8,13H2,(H,20,22). The molecule has 0 spiro atoms. The molecule has 2 aromatic rings. The molecule has 1 aliphatic rings. The Morgan fingerprint density at radius 2 is 1.96 bits per heavy atom. The largest absolute Gasteiger partial charge is 0.341 e. The van der Waals surface area contributed by atoms with Gasteiger partial charge in [-0.05, 0) is 48.6 Å². The molecule has 0 unspecified atom stereocenters. The molecule has 0 bridgehead atoms. The Morgan fingerprint density at radius 1 is 1.17 bits per heavy atom. The minimum Gasteiger partial charge on any atom is -0.341 e. The second kappa shape index (κ2) is 7.88. The molecule has 0 aliphatic heterocycles. The van der Waals surface area contributed by atoms with Gasteiger partial charge in [0.1, 0.15) is 5.82 Å². The minimum atomic E-state index is -0.269. The van der Waals surface area contributed by atoms with E-state index < -0.39 is 0 Å². The number of halogens is 1. The van der Waals surface area contributed by atoms with E-state index in [1.165, 1.54) is 30.2 Å². The van der Waals surface area contributed by atoms with E-state index >= 15 is 0 Å². The van der Waals surface area contributed by atoms with Crippen LogP contribution in [0, 0.1) is 5.82 Å². The normalized spacial score (nSPS) is 15.3. The lowest BCUT2D eigenvalue weighted by Gasteiger charge is -2.36. The molecule has 1 N–H and O–H groups in total. The van der Waals surface area contributed by atoms with Crippen LogP contribution in [0.2, 0.25) is 0 Å². The van der Waals surface area contributed by atoms with Crippen molar-refractivity contribution in [3.05, 3.63) is 52.5 Å². The molecule has 1 heterocycles. The van der Waals surface area contributed by atoms with Crippen LogP contribution in [0.4, 0.5) is 10.1 Å². The van der Waals surface area contributed by atoms with Gasteiger partial charge in [0.2, 0.25) is 0 Å². The van der Waals surface area contributed by atoms with Gasteiger partial charge in [-0.2, -0.15) is 0 Å². The van der Waals surface area contributed by atoms with E-state index in [4.69, 9.17) is 12.2 Å². The summed E-state index contributed by atoms with van der Waals surface area (Å²) in [6.45, 7) is 0.794. The van der Waals surface area contributed by atoms with E-state index in [-0.39, 0.29) is 5.82 Å². The Labute approximate surface area is 146 Å². The molecule has 23 heavy (non-hydrogen) atoms. The van der Waals surface area contributed by atoms with Crippen molar-refractivity contribution in [3.63, 3.8) is 0 Å². The van der Waals surface area contributed by atoms with Crippen LogP contribution in [0.5, 0.6) is 0 Å². The van der Waals surface area contributed by atoms with Crippen LogP contribution in [0.1, 0.15) is 37.0 Å². The number of benzene rings is 1. The molecule has 1 fully saturated rings. The van der Waals surface area contributed by atoms with Gasteiger partial charge in [0, 0.05) is 10.9 Å². The van der Waals surface area contributed by atoms with Crippen LogP contribution in [0.3, 0.4) is 0 Å². The van der Waals surface area contributed by atoms with E-state index in [0.29, 0.717) is 16.8 Å². The van der Waals surface area contributed by atoms with Gasteiger partial charge in [-0.3, -0.25) is 0 Å². The maximum atomic E-state index is 13.9. The Morgan fingerprint density at radius 3 is 2.65 bits per heavy atom. The van der Waals surface area contributed by atoms with Gasteiger partial charge in [0.25, 0.3) is 0 Å². The van der Waals surface area contributed by atoms with Crippen LogP contribution < -0.4 is 5.32 Å². The van der Waals surface area contributed by atoms with E-state index in [1.807, 2.05) is 6.07 Å². The van der Waals surface area contributed by atoms with Crippen molar-refractivity contribution >= 4 is 34.4 Å². The number of hydrogen-bond donors (Lipinski definition) is 1. The quantitative estimate of drug-likeness (QED) is 0.743. The fourth-order valence-electron chi connectivity index (χ4n) is 3.08. The lowest BCUT2D eigenvalue weighted by molar-refractivity contribution is 0.242. The Bertz CT molecular complexity index is 636. The third kappa shape index (κ3) is 4.30. The predicted octanol–water partition coefficient (Wildman–Crippen LogP) is 5.42. The van der Waals surface area contributed by atoms with Gasteiger partial charge in [0.05, 0.1) is 12.2 Å². The lowest BCUT2D eigenvalue weighted by Crippen LogP contribution is -2.43. The second-order valence-electron chi connectivity index (χ2n) is 5.91. The van der Waals surface area contributed by atoms with Crippen molar-refractivity contribution in [3.8, 4) is 0 Å². The molecule has 0 radical (unpaired) electrons. The van der Waals surface area contributed by atoms with Gasteiger partial charge in [-0.15, -0.1) is 11.3 Å². The van der Waals surface area contributed by atoms with Crippen molar-refractivity contribution in [1.82, 2.24) is 4.90 Å². The highest BCUT2D eigenvalue weighted by molar-refractivity contribution is 7.80. The first-order valence-corrected chi connectivity index (χ1v) is 9.37. The third-order valence-corrected chi connectivity index (χ3v) is 5.50. The van der Waals surface area contributed by atoms with Crippen molar-refractivity contribution in [2.24, 2.45) is 0 Å². The number of rotatable bonds is 4. The molecule has 3 rings (SSSR count). The zero-order chi connectivity index (χ0) is 16.1. The highest BCUT2D eigenvalue weighted by Crippen LogP contribution is 2.26. The molecule has 0 amide bonds. The summed E-state index contributed by atoms with van der Waals surface area (Å²) in [6, 6.07) is 11.3. The van der Waals surface area contributed by atoms with Crippen LogP contribution in [-0.2, 0) is 6.54 Å². The first-order valence-electron chi connectivity index (χ1n) is 8.08. The summed E-state index contributed by atoms with van der Waals surface area (Å²) in [5, 5.41) is 5.81. The number of nitrogens with one attached hydrogen (secondary N) is 1. The number of thiocarbonyl (C=S) groups is 1. The number of thiophene rings is 1. The van der Waals surface area contributed by atoms with Crippen molar-refractivity contribution in [2.45, 2.75) is 44.7 Å². The summed E-state index contributed by atoms with van der Waals surface area (Å²) in [5.41, 5.74) is 0.449. The van der Waals surface area contributed by atoms with Gasteiger partial charge in [0.15, 0.2) is 5.11 Å². The molecule has 1 saturated carbocycles. The number of hydrogen-bond acceptors (Lipinski definition) is 2. The summed E-state index contributed by atoms with van der Waals surface area (Å²) in [6.07, 6.45) is 6.10. The Balaban J connectivity index is 1.76. The summed E-state index contributed by atoms with van der Waals surface area (Å²) in [7, 11) is 0. The van der Waals surface area contributed by atoms with Crippen LogP contribution in [0.15, 0.2) is 41.8 Å².